The van der Waals surface area contributed by atoms with Gasteiger partial charge in [0.25, 0.3) is 0 Å². The Hall–Kier alpha value is -2.08. The van der Waals surface area contributed by atoms with E-state index in [-0.39, 0.29) is 0 Å². The molecule has 0 aliphatic carbocycles. The van der Waals surface area contributed by atoms with Crippen molar-refractivity contribution in [2.75, 3.05) is 25.0 Å². The molecule has 6 heteroatoms. The third-order valence-corrected chi connectivity index (χ3v) is 4.37. The molecule has 1 aliphatic rings. The SMILES string of the molecule is Cc1cnc(CN(C)C2CCCN(c3ccc(C)nn3)C2)cn1. The largest absolute Gasteiger partial charge is 0.354 e. The van der Waals surface area contributed by atoms with Crippen LogP contribution in [0, 0.1) is 13.8 Å². The second-order valence-corrected chi connectivity index (χ2v) is 6.34. The number of aromatic nitrogens is 4. The summed E-state index contributed by atoms with van der Waals surface area (Å²) >= 11 is 0. The summed E-state index contributed by atoms with van der Waals surface area (Å²) in [4.78, 5) is 13.5. The van der Waals surface area contributed by atoms with Crippen molar-refractivity contribution in [3.8, 4) is 0 Å². The summed E-state index contributed by atoms with van der Waals surface area (Å²) in [5.74, 6) is 0.976. The highest BCUT2D eigenvalue weighted by atomic mass is 15.3. The van der Waals surface area contributed by atoms with Crippen molar-refractivity contribution >= 4 is 5.82 Å². The van der Waals surface area contributed by atoms with Gasteiger partial charge in [0.1, 0.15) is 0 Å². The van der Waals surface area contributed by atoms with Gasteiger partial charge in [0.15, 0.2) is 5.82 Å². The van der Waals surface area contributed by atoms with Crippen molar-refractivity contribution < 1.29 is 0 Å². The van der Waals surface area contributed by atoms with Crippen LogP contribution < -0.4 is 4.90 Å². The molecule has 2 aromatic heterocycles. The molecule has 0 radical (unpaired) electrons. The molecule has 1 unspecified atom stereocenters. The number of likely N-dealkylation sites (N-methyl/N-ethyl adjacent to an activating group) is 1. The lowest BCUT2D eigenvalue weighted by Gasteiger charge is -2.37. The number of hydrogen-bond acceptors (Lipinski definition) is 6. The van der Waals surface area contributed by atoms with Crippen molar-refractivity contribution in [2.45, 2.75) is 39.3 Å². The number of hydrogen-bond donors (Lipinski definition) is 0. The molecule has 3 heterocycles. The summed E-state index contributed by atoms with van der Waals surface area (Å²) in [5, 5.41) is 8.50. The van der Waals surface area contributed by atoms with E-state index < -0.39 is 0 Å². The minimum atomic E-state index is 0.495. The molecule has 1 atom stereocenters. The Morgan fingerprint density at radius 3 is 2.70 bits per heavy atom. The van der Waals surface area contributed by atoms with Crippen LogP contribution in [0.1, 0.15) is 29.9 Å². The Morgan fingerprint density at radius 2 is 2.00 bits per heavy atom. The molecule has 122 valence electrons. The fourth-order valence-corrected chi connectivity index (χ4v) is 2.97. The molecule has 0 bridgehead atoms. The predicted molar refractivity (Wildman–Crippen MR) is 90.2 cm³/mol. The van der Waals surface area contributed by atoms with E-state index in [1.54, 1.807) is 0 Å². The van der Waals surface area contributed by atoms with Crippen LogP contribution in [0.2, 0.25) is 0 Å². The first kappa shape index (κ1) is 15.8. The van der Waals surface area contributed by atoms with Gasteiger partial charge in [0, 0.05) is 38.1 Å². The normalized spacial score (nSPS) is 18.4. The Kier molecular flexibility index (Phi) is 4.81. The van der Waals surface area contributed by atoms with Crippen molar-refractivity contribution in [3.05, 3.63) is 41.6 Å². The van der Waals surface area contributed by atoms with Crippen LogP contribution in [-0.4, -0.2) is 51.2 Å². The third kappa shape index (κ3) is 4.01. The van der Waals surface area contributed by atoms with Crippen molar-refractivity contribution in [1.82, 2.24) is 25.1 Å². The zero-order valence-electron chi connectivity index (χ0n) is 14.1. The summed E-state index contributed by atoms with van der Waals surface area (Å²) in [6.45, 7) is 6.78. The van der Waals surface area contributed by atoms with Gasteiger partial charge in [-0.3, -0.25) is 14.9 Å². The lowest BCUT2D eigenvalue weighted by atomic mass is 10.0. The molecule has 0 amide bonds. The maximum atomic E-state index is 4.46. The van der Waals surface area contributed by atoms with Crippen LogP contribution in [0.5, 0.6) is 0 Å². The lowest BCUT2D eigenvalue weighted by Crippen LogP contribution is -2.46. The van der Waals surface area contributed by atoms with Gasteiger partial charge >= 0.3 is 0 Å². The monoisotopic (exact) mass is 312 g/mol. The summed E-state index contributed by atoms with van der Waals surface area (Å²) in [6.07, 6.45) is 6.08. The lowest BCUT2D eigenvalue weighted by molar-refractivity contribution is 0.205. The minimum absolute atomic E-state index is 0.495. The molecule has 23 heavy (non-hydrogen) atoms. The molecule has 1 aliphatic heterocycles. The van der Waals surface area contributed by atoms with Gasteiger partial charge in [0.05, 0.1) is 17.1 Å². The summed E-state index contributed by atoms with van der Waals surface area (Å²) in [5.41, 5.74) is 2.93. The van der Waals surface area contributed by atoms with Crippen LogP contribution >= 0.6 is 0 Å². The molecular formula is C17H24N6. The van der Waals surface area contributed by atoms with E-state index in [1.807, 2.05) is 32.3 Å². The first-order valence-corrected chi connectivity index (χ1v) is 8.15. The second-order valence-electron chi connectivity index (χ2n) is 6.34. The van der Waals surface area contributed by atoms with Gasteiger partial charge in [-0.15, -0.1) is 5.10 Å². The maximum Gasteiger partial charge on any atom is 0.151 e. The first-order chi connectivity index (χ1) is 11.1. The van der Waals surface area contributed by atoms with Crippen LogP contribution in [-0.2, 0) is 6.54 Å². The number of nitrogens with zero attached hydrogens (tertiary/aromatic N) is 6. The van der Waals surface area contributed by atoms with Crippen LogP contribution in [0.3, 0.4) is 0 Å². The molecule has 0 saturated carbocycles. The fourth-order valence-electron chi connectivity index (χ4n) is 2.97. The van der Waals surface area contributed by atoms with Crippen LogP contribution in [0.4, 0.5) is 5.82 Å². The zero-order valence-corrected chi connectivity index (χ0v) is 14.1. The standard InChI is InChI=1S/C17H24N6/c1-13-6-7-17(21-20-13)23-8-4-5-16(12-23)22(3)11-15-10-18-14(2)9-19-15/h6-7,9-10,16H,4-5,8,11-12H2,1-3H3. The molecule has 3 rings (SSSR count). The number of aryl methyl sites for hydroxylation is 2. The summed E-state index contributed by atoms with van der Waals surface area (Å²) in [6, 6.07) is 4.59. The molecule has 0 N–H and O–H groups in total. The van der Waals surface area contributed by atoms with Gasteiger partial charge in [-0.2, -0.15) is 5.10 Å². The molecule has 0 aromatic carbocycles. The van der Waals surface area contributed by atoms with E-state index in [0.29, 0.717) is 6.04 Å². The van der Waals surface area contributed by atoms with Crippen LogP contribution in [0.15, 0.2) is 24.5 Å². The van der Waals surface area contributed by atoms with Gasteiger partial charge in [-0.25, -0.2) is 0 Å². The zero-order chi connectivity index (χ0) is 16.2. The Labute approximate surface area is 137 Å². The average molecular weight is 312 g/mol. The van der Waals surface area contributed by atoms with E-state index in [0.717, 1.165) is 42.5 Å². The molecular weight excluding hydrogens is 288 g/mol. The van der Waals surface area contributed by atoms with E-state index in [9.17, 15) is 0 Å². The van der Waals surface area contributed by atoms with Gasteiger partial charge in [0.2, 0.25) is 0 Å². The van der Waals surface area contributed by atoms with Crippen molar-refractivity contribution in [2.24, 2.45) is 0 Å². The smallest absolute Gasteiger partial charge is 0.151 e. The Morgan fingerprint density at radius 1 is 1.13 bits per heavy atom. The Balaban J connectivity index is 1.63. The van der Waals surface area contributed by atoms with Gasteiger partial charge in [-0.05, 0) is 45.9 Å². The molecule has 1 fully saturated rings. The fraction of sp³-hybridized carbons (Fsp3) is 0.529. The van der Waals surface area contributed by atoms with E-state index in [2.05, 4.69) is 43.1 Å². The Bertz CT molecular complexity index is 625. The third-order valence-electron chi connectivity index (χ3n) is 4.37. The number of rotatable bonds is 4. The average Bonchev–Trinajstić information content (AvgIpc) is 2.58. The second kappa shape index (κ2) is 7.00. The minimum Gasteiger partial charge on any atom is -0.354 e. The first-order valence-electron chi connectivity index (χ1n) is 8.15. The predicted octanol–water partition coefficient (Wildman–Crippen LogP) is 1.98. The van der Waals surface area contributed by atoms with Gasteiger partial charge < -0.3 is 4.90 Å². The van der Waals surface area contributed by atoms with Gasteiger partial charge in [-0.1, -0.05) is 0 Å². The summed E-state index contributed by atoms with van der Waals surface area (Å²) in [7, 11) is 2.16. The molecule has 6 nitrogen and oxygen atoms in total. The highest BCUT2D eigenvalue weighted by Crippen LogP contribution is 2.20. The highest BCUT2D eigenvalue weighted by Gasteiger charge is 2.24. The molecule has 2 aromatic rings. The van der Waals surface area contributed by atoms with Crippen molar-refractivity contribution in [3.63, 3.8) is 0 Å². The quantitative estimate of drug-likeness (QED) is 0.860. The van der Waals surface area contributed by atoms with Crippen LogP contribution in [0.25, 0.3) is 0 Å². The molecule has 0 spiro atoms. The van der Waals surface area contributed by atoms with E-state index in [4.69, 9.17) is 0 Å². The number of piperidine rings is 1. The number of anilines is 1. The highest BCUT2D eigenvalue weighted by molar-refractivity contribution is 5.38. The molecule has 1 saturated heterocycles. The van der Waals surface area contributed by atoms with E-state index >= 15 is 0 Å². The topological polar surface area (TPSA) is 58.0 Å². The van der Waals surface area contributed by atoms with E-state index in [1.165, 1.54) is 12.8 Å². The maximum absolute atomic E-state index is 4.46. The van der Waals surface area contributed by atoms with Crippen molar-refractivity contribution in [1.29, 1.82) is 0 Å². The summed E-state index contributed by atoms with van der Waals surface area (Å²) < 4.78 is 0.